The van der Waals surface area contributed by atoms with E-state index >= 15 is 0 Å². The molecule has 1 fully saturated rings. The number of pyridine rings is 1. The molecule has 1 aliphatic heterocycles. The maximum atomic E-state index is 14.5. The summed E-state index contributed by atoms with van der Waals surface area (Å²) in [5.41, 5.74) is 4.70. The number of halogens is 3. The van der Waals surface area contributed by atoms with E-state index in [1.54, 1.807) is 43.7 Å². The van der Waals surface area contributed by atoms with Crippen molar-refractivity contribution >= 4 is 39.6 Å². The molecule has 5 heterocycles. The Kier molecular flexibility index (Phi) is 10.0. The summed E-state index contributed by atoms with van der Waals surface area (Å²) < 4.78 is 52.2. The maximum absolute atomic E-state index is 14.5. The van der Waals surface area contributed by atoms with Crippen LogP contribution in [0.1, 0.15) is 48.3 Å². The average molecular weight is 736 g/mol. The van der Waals surface area contributed by atoms with E-state index in [0.717, 1.165) is 41.6 Å². The second kappa shape index (κ2) is 13.8. The van der Waals surface area contributed by atoms with Crippen LogP contribution >= 0.6 is 22.6 Å². The lowest BCUT2D eigenvalue weighted by Crippen LogP contribution is -2.38. The van der Waals surface area contributed by atoms with Gasteiger partial charge in [-0.15, -0.1) is 5.10 Å². The highest BCUT2D eigenvalue weighted by atomic mass is 127. The second-order valence-electron chi connectivity index (χ2n) is 11.1. The Labute approximate surface area is 273 Å². The van der Waals surface area contributed by atoms with Crippen LogP contribution in [0.4, 0.5) is 8.78 Å². The van der Waals surface area contributed by atoms with Gasteiger partial charge in [-0.1, -0.05) is 6.58 Å². The number of likely N-dealkylation sites (N-methyl/N-ethyl adjacent to an activating group) is 1. The Morgan fingerprint density at radius 1 is 1.22 bits per heavy atom. The fourth-order valence-corrected chi connectivity index (χ4v) is 6.43. The summed E-state index contributed by atoms with van der Waals surface area (Å²) in [5.74, 6) is 0.527. The van der Waals surface area contributed by atoms with E-state index < -0.39 is 12.5 Å². The van der Waals surface area contributed by atoms with Crippen LogP contribution in [0.3, 0.4) is 0 Å². The number of fused-ring (bicyclic) bond motifs is 1. The quantitative estimate of drug-likeness (QED) is 0.182. The predicted octanol–water partition coefficient (Wildman–Crippen LogP) is 5.18. The summed E-state index contributed by atoms with van der Waals surface area (Å²) in [5, 5.41) is 23.3. The molecule has 240 valence electrons. The minimum atomic E-state index is -2.78. The van der Waals surface area contributed by atoms with Crippen LogP contribution in [0.2, 0.25) is 0 Å². The second-order valence-corrected chi connectivity index (χ2v) is 12.1. The van der Waals surface area contributed by atoms with E-state index in [2.05, 4.69) is 39.4 Å². The Bertz CT molecular complexity index is 1740. The number of rotatable bonds is 12. The van der Waals surface area contributed by atoms with Crippen molar-refractivity contribution in [1.29, 1.82) is 5.26 Å². The molecule has 0 aliphatic carbocycles. The first-order chi connectivity index (χ1) is 21.5. The molecule has 2 unspecified atom stereocenters. The van der Waals surface area contributed by atoms with Crippen LogP contribution in [0.5, 0.6) is 11.8 Å². The number of hydrogen-bond donors (Lipinski definition) is 0. The predicted molar refractivity (Wildman–Crippen MR) is 172 cm³/mol. The molecule has 0 aromatic carbocycles. The third kappa shape index (κ3) is 6.68. The molecule has 0 N–H and O–H groups in total. The highest BCUT2D eigenvalue weighted by molar-refractivity contribution is 14.1. The van der Waals surface area contributed by atoms with Crippen molar-refractivity contribution in [2.45, 2.75) is 58.4 Å². The lowest BCUT2D eigenvalue weighted by molar-refractivity contribution is -0.0368. The molecule has 0 amide bonds. The third-order valence-electron chi connectivity index (χ3n) is 7.74. The van der Waals surface area contributed by atoms with Gasteiger partial charge in [0.15, 0.2) is 18.9 Å². The van der Waals surface area contributed by atoms with Crippen LogP contribution in [-0.4, -0.2) is 78.6 Å². The number of nitriles is 1. The van der Waals surface area contributed by atoms with Gasteiger partial charge >= 0.3 is 0 Å². The highest BCUT2D eigenvalue weighted by Crippen LogP contribution is 2.37. The van der Waals surface area contributed by atoms with Crippen molar-refractivity contribution in [3.63, 3.8) is 0 Å². The zero-order chi connectivity index (χ0) is 32.4. The van der Waals surface area contributed by atoms with Gasteiger partial charge in [0.2, 0.25) is 11.8 Å². The molecule has 1 aliphatic rings. The van der Waals surface area contributed by atoms with Gasteiger partial charge in [0.05, 0.1) is 43.1 Å². The zero-order valence-corrected chi connectivity index (χ0v) is 28.1. The van der Waals surface area contributed by atoms with Gasteiger partial charge in [-0.2, -0.15) is 15.5 Å². The van der Waals surface area contributed by atoms with E-state index in [1.165, 1.54) is 4.68 Å². The van der Waals surface area contributed by atoms with E-state index in [4.69, 9.17) is 29.6 Å². The Morgan fingerprint density at radius 3 is 2.67 bits per heavy atom. The first kappa shape index (κ1) is 32.8. The minimum absolute atomic E-state index is 0.0861. The number of ether oxygens (including phenoxy) is 3. The molecule has 5 rings (SSSR count). The van der Waals surface area contributed by atoms with E-state index in [1.807, 2.05) is 23.7 Å². The van der Waals surface area contributed by atoms with Crippen molar-refractivity contribution < 1.29 is 23.0 Å². The molecular weight excluding hydrogens is 699 g/mol. The fourth-order valence-electron chi connectivity index (χ4n) is 5.65. The van der Waals surface area contributed by atoms with Gasteiger partial charge in [0.1, 0.15) is 6.07 Å². The summed E-state index contributed by atoms with van der Waals surface area (Å²) in [6.45, 7) is 8.42. The zero-order valence-electron chi connectivity index (χ0n) is 25.9. The SMILES string of the molecule is C=Cc1nn(C2CCCCO2)c2c(C)nc(-c3c(C)nn(C)c3OC(CN(C)Cc3c(I)c(OCC#N)nn3C)C(F)F)cc12. The molecule has 0 radical (unpaired) electrons. The fraction of sp³-hybridized carbons (Fsp3) is 0.500. The molecule has 4 aromatic rings. The van der Waals surface area contributed by atoms with Crippen LogP contribution in [0, 0.1) is 28.7 Å². The van der Waals surface area contributed by atoms with Gasteiger partial charge in [-0.05, 0) is 74.9 Å². The number of nitrogens with zero attached hydrogens (tertiary/aromatic N) is 9. The molecule has 0 spiro atoms. The first-order valence-corrected chi connectivity index (χ1v) is 15.6. The summed E-state index contributed by atoms with van der Waals surface area (Å²) in [6.07, 6.45) is 0.185. The normalized spacial score (nSPS) is 16.0. The lowest BCUT2D eigenvalue weighted by atomic mass is 10.1. The van der Waals surface area contributed by atoms with E-state index in [0.29, 0.717) is 45.2 Å². The van der Waals surface area contributed by atoms with Crippen molar-refractivity contribution in [2.75, 3.05) is 26.8 Å². The van der Waals surface area contributed by atoms with Crippen LogP contribution in [-0.2, 0) is 25.4 Å². The number of alkyl halides is 2. The third-order valence-corrected chi connectivity index (χ3v) is 8.82. The topological polar surface area (TPSA) is 121 Å². The summed E-state index contributed by atoms with van der Waals surface area (Å²) in [7, 11) is 5.14. The Balaban J connectivity index is 1.44. The summed E-state index contributed by atoms with van der Waals surface area (Å²) in [4.78, 5) is 6.63. The number of aryl methyl sites for hydroxylation is 4. The summed E-state index contributed by atoms with van der Waals surface area (Å²) >= 11 is 2.08. The largest absolute Gasteiger partial charge is 0.467 e. The molecule has 4 aromatic heterocycles. The van der Waals surface area contributed by atoms with E-state index in [9.17, 15) is 8.78 Å². The summed E-state index contributed by atoms with van der Waals surface area (Å²) in [6, 6.07) is 3.81. The molecule has 1 saturated heterocycles. The number of aromatic nitrogens is 7. The molecule has 12 nitrogen and oxygen atoms in total. The van der Waals surface area contributed by atoms with Crippen LogP contribution in [0.15, 0.2) is 12.6 Å². The number of hydrogen-bond acceptors (Lipinski definition) is 9. The Morgan fingerprint density at radius 2 is 2.00 bits per heavy atom. The molecule has 15 heteroatoms. The van der Waals surface area contributed by atoms with E-state index in [-0.39, 0.29) is 25.3 Å². The van der Waals surface area contributed by atoms with Crippen LogP contribution in [0.25, 0.3) is 28.2 Å². The van der Waals surface area contributed by atoms with Gasteiger partial charge in [0, 0.05) is 39.2 Å². The first-order valence-electron chi connectivity index (χ1n) is 14.6. The molecular formula is C30H36F2IN9O3. The van der Waals surface area contributed by atoms with Crippen molar-refractivity contribution in [3.05, 3.63) is 39.0 Å². The Hall–Kier alpha value is -3.62. The van der Waals surface area contributed by atoms with Gasteiger partial charge in [-0.25, -0.2) is 18.1 Å². The van der Waals surface area contributed by atoms with Gasteiger partial charge in [0.25, 0.3) is 6.43 Å². The molecule has 0 saturated carbocycles. The standard InChI is InChI=1S/C30H36F2IN9O3/c1-7-20-19-14-21(35-18(3)27(19)42(37-20)24-10-8-9-12-43-24)25-17(2)36-41(6)30(25)45-23(28(31)32)16-39(4)15-22-26(33)29(38-40(22)5)44-13-11-34/h7,14,23-24,28H,1,8-10,12-13,15-16H2,2-6H3. The highest BCUT2D eigenvalue weighted by Gasteiger charge is 2.30. The van der Waals surface area contributed by atoms with Crippen molar-refractivity contribution in [1.82, 2.24) is 39.2 Å². The monoisotopic (exact) mass is 735 g/mol. The van der Waals surface area contributed by atoms with Gasteiger partial charge in [-0.3, -0.25) is 14.6 Å². The van der Waals surface area contributed by atoms with Crippen molar-refractivity contribution in [2.24, 2.45) is 14.1 Å². The van der Waals surface area contributed by atoms with Gasteiger partial charge < -0.3 is 14.2 Å². The smallest absolute Gasteiger partial charge is 0.276 e. The maximum Gasteiger partial charge on any atom is 0.276 e. The van der Waals surface area contributed by atoms with Crippen molar-refractivity contribution in [3.8, 4) is 29.1 Å². The minimum Gasteiger partial charge on any atom is -0.467 e. The lowest BCUT2D eigenvalue weighted by Gasteiger charge is -2.25. The molecule has 0 bridgehead atoms. The molecule has 2 atom stereocenters. The average Bonchev–Trinajstić information content (AvgIpc) is 3.62. The van der Waals surface area contributed by atoms with Crippen LogP contribution < -0.4 is 9.47 Å². The molecule has 45 heavy (non-hydrogen) atoms.